The van der Waals surface area contributed by atoms with Gasteiger partial charge in [-0.25, -0.2) is 13.8 Å². The van der Waals surface area contributed by atoms with E-state index in [4.69, 9.17) is 0 Å². The van der Waals surface area contributed by atoms with Crippen molar-refractivity contribution in [2.75, 3.05) is 31.1 Å². The first-order valence-electron chi connectivity index (χ1n) is 6.98. The van der Waals surface area contributed by atoms with E-state index in [2.05, 4.69) is 20.9 Å². The molecule has 2 aliphatic heterocycles. The van der Waals surface area contributed by atoms with Gasteiger partial charge in [0.25, 0.3) is 5.92 Å². The molecule has 2 saturated heterocycles. The van der Waals surface area contributed by atoms with Crippen molar-refractivity contribution in [3.05, 3.63) is 22.8 Å². The average molecular weight is 360 g/mol. The third-order valence-electron chi connectivity index (χ3n) is 4.08. The summed E-state index contributed by atoms with van der Waals surface area (Å²) < 4.78 is 27.1. The van der Waals surface area contributed by atoms with Gasteiger partial charge in [-0.3, -0.25) is 4.79 Å². The van der Waals surface area contributed by atoms with E-state index in [0.29, 0.717) is 13.1 Å². The Bertz CT molecular complexity index is 539. The quantitative estimate of drug-likeness (QED) is 0.814. The Morgan fingerprint density at radius 2 is 2.00 bits per heavy atom. The molecular formula is C14H16BrF2N3O. The van der Waals surface area contributed by atoms with Crippen LogP contribution in [0, 0.1) is 5.92 Å². The lowest BCUT2D eigenvalue weighted by atomic mass is 9.96. The Labute approximate surface area is 130 Å². The molecule has 0 N–H and O–H groups in total. The summed E-state index contributed by atoms with van der Waals surface area (Å²) in [4.78, 5) is 20.2. The van der Waals surface area contributed by atoms with Crippen molar-refractivity contribution in [1.29, 1.82) is 0 Å². The molecule has 2 aliphatic rings. The minimum atomic E-state index is -2.61. The van der Waals surface area contributed by atoms with Crippen molar-refractivity contribution in [1.82, 2.24) is 9.88 Å². The molecule has 1 aromatic rings. The number of rotatable bonds is 2. The number of pyridine rings is 1. The van der Waals surface area contributed by atoms with E-state index in [0.717, 1.165) is 10.3 Å². The highest BCUT2D eigenvalue weighted by Gasteiger charge is 2.41. The van der Waals surface area contributed by atoms with Crippen molar-refractivity contribution < 1.29 is 13.6 Å². The monoisotopic (exact) mass is 359 g/mol. The SMILES string of the molecule is O=C(C1CN(c2ncccc2Br)C1)N1CCC(F)(F)CC1. The van der Waals surface area contributed by atoms with Gasteiger partial charge >= 0.3 is 0 Å². The maximum Gasteiger partial charge on any atom is 0.251 e. The Hall–Kier alpha value is -1.24. The Morgan fingerprint density at radius 1 is 1.33 bits per heavy atom. The molecule has 1 aromatic heterocycles. The van der Waals surface area contributed by atoms with E-state index >= 15 is 0 Å². The lowest BCUT2D eigenvalue weighted by Crippen LogP contribution is -2.56. The Balaban J connectivity index is 1.55. The van der Waals surface area contributed by atoms with Crippen molar-refractivity contribution in [2.45, 2.75) is 18.8 Å². The van der Waals surface area contributed by atoms with Gasteiger partial charge in [0.1, 0.15) is 5.82 Å². The van der Waals surface area contributed by atoms with Crippen LogP contribution in [-0.4, -0.2) is 47.9 Å². The molecule has 0 aromatic carbocycles. The van der Waals surface area contributed by atoms with E-state index in [1.165, 1.54) is 0 Å². The van der Waals surface area contributed by atoms with Gasteiger partial charge in [-0.05, 0) is 28.1 Å². The van der Waals surface area contributed by atoms with Crippen LogP contribution in [-0.2, 0) is 4.79 Å². The fourth-order valence-electron chi connectivity index (χ4n) is 2.73. The molecule has 0 aliphatic carbocycles. The molecule has 0 unspecified atom stereocenters. The summed E-state index contributed by atoms with van der Waals surface area (Å²) in [5.74, 6) is -1.90. The van der Waals surface area contributed by atoms with Crippen LogP contribution >= 0.6 is 15.9 Å². The predicted molar refractivity (Wildman–Crippen MR) is 78.4 cm³/mol. The molecule has 0 saturated carbocycles. The third-order valence-corrected chi connectivity index (χ3v) is 4.69. The second-order valence-corrected chi connectivity index (χ2v) is 6.45. The first-order valence-corrected chi connectivity index (χ1v) is 7.78. The zero-order valence-electron chi connectivity index (χ0n) is 11.4. The lowest BCUT2D eigenvalue weighted by molar-refractivity contribution is -0.142. The molecule has 4 nitrogen and oxygen atoms in total. The fraction of sp³-hybridized carbons (Fsp3) is 0.571. The number of carbonyl (C=O) groups is 1. The second kappa shape index (κ2) is 5.51. The average Bonchev–Trinajstić information content (AvgIpc) is 2.39. The highest BCUT2D eigenvalue weighted by molar-refractivity contribution is 9.10. The fourth-order valence-corrected chi connectivity index (χ4v) is 3.24. The summed E-state index contributed by atoms with van der Waals surface area (Å²) in [5.41, 5.74) is 0. The number of carbonyl (C=O) groups excluding carboxylic acids is 1. The van der Waals surface area contributed by atoms with Crippen LogP contribution in [0.2, 0.25) is 0 Å². The number of hydrogen-bond acceptors (Lipinski definition) is 3. The molecule has 3 heterocycles. The lowest BCUT2D eigenvalue weighted by Gasteiger charge is -2.43. The maximum absolute atomic E-state index is 13.1. The molecule has 0 atom stereocenters. The number of anilines is 1. The Kier molecular flexibility index (Phi) is 3.86. The molecule has 7 heteroatoms. The molecule has 0 spiro atoms. The first kappa shape index (κ1) is 14.7. The van der Waals surface area contributed by atoms with Gasteiger partial charge in [0, 0.05) is 45.2 Å². The number of piperidine rings is 1. The standard InChI is InChI=1S/C14H16BrF2N3O/c15-11-2-1-5-18-12(11)20-8-10(9-20)13(21)19-6-3-14(16,17)4-7-19/h1-2,5,10H,3-4,6-9H2. The van der Waals surface area contributed by atoms with Gasteiger partial charge in [0.15, 0.2) is 0 Å². The van der Waals surface area contributed by atoms with Gasteiger partial charge in [0.2, 0.25) is 5.91 Å². The number of alkyl halides is 2. The molecule has 2 fully saturated rings. The minimum Gasteiger partial charge on any atom is -0.354 e. The summed E-state index contributed by atoms with van der Waals surface area (Å²) in [6.45, 7) is 1.52. The molecule has 21 heavy (non-hydrogen) atoms. The number of nitrogens with zero attached hydrogens (tertiary/aromatic N) is 3. The van der Waals surface area contributed by atoms with E-state index in [1.54, 1.807) is 11.1 Å². The van der Waals surface area contributed by atoms with Crippen LogP contribution < -0.4 is 4.90 Å². The van der Waals surface area contributed by atoms with Crippen LogP contribution in [0.3, 0.4) is 0 Å². The van der Waals surface area contributed by atoms with Gasteiger partial charge in [-0.2, -0.15) is 0 Å². The summed E-state index contributed by atoms with van der Waals surface area (Å²) in [7, 11) is 0. The Morgan fingerprint density at radius 3 is 2.62 bits per heavy atom. The number of likely N-dealkylation sites (tertiary alicyclic amines) is 1. The second-order valence-electron chi connectivity index (χ2n) is 5.59. The van der Waals surface area contributed by atoms with Gasteiger partial charge in [0.05, 0.1) is 10.4 Å². The van der Waals surface area contributed by atoms with Gasteiger partial charge in [-0.15, -0.1) is 0 Å². The maximum atomic E-state index is 13.1. The molecule has 114 valence electrons. The first-order chi connectivity index (χ1) is 9.96. The number of aromatic nitrogens is 1. The highest BCUT2D eigenvalue weighted by Crippen LogP contribution is 2.32. The summed E-state index contributed by atoms with van der Waals surface area (Å²) in [5, 5.41) is 0. The third kappa shape index (κ3) is 3.02. The summed E-state index contributed by atoms with van der Waals surface area (Å²) >= 11 is 3.43. The van der Waals surface area contributed by atoms with Gasteiger partial charge < -0.3 is 9.80 Å². The summed E-state index contributed by atoms with van der Waals surface area (Å²) in [6, 6.07) is 3.74. The topological polar surface area (TPSA) is 36.4 Å². The van der Waals surface area contributed by atoms with E-state index in [9.17, 15) is 13.6 Å². The van der Waals surface area contributed by atoms with Crippen molar-refractivity contribution in [3.63, 3.8) is 0 Å². The van der Waals surface area contributed by atoms with Crippen LogP contribution in [0.1, 0.15) is 12.8 Å². The number of hydrogen-bond donors (Lipinski definition) is 0. The van der Waals surface area contributed by atoms with Crippen molar-refractivity contribution in [2.24, 2.45) is 5.92 Å². The van der Waals surface area contributed by atoms with Crippen LogP contribution in [0.15, 0.2) is 22.8 Å². The van der Waals surface area contributed by atoms with E-state index < -0.39 is 5.92 Å². The zero-order chi connectivity index (χ0) is 15.0. The normalized spacial score (nSPS) is 22.0. The van der Waals surface area contributed by atoms with E-state index in [-0.39, 0.29) is 37.8 Å². The van der Waals surface area contributed by atoms with E-state index in [1.807, 2.05) is 17.0 Å². The van der Waals surface area contributed by atoms with Crippen molar-refractivity contribution in [3.8, 4) is 0 Å². The molecule has 3 rings (SSSR count). The zero-order valence-corrected chi connectivity index (χ0v) is 13.0. The molecular weight excluding hydrogens is 344 g/mol. The van der Waals surface area contributed by atoms with Crippen molar-refractivity contribution >= 4 is 27.7 Å². The largest absolute Gasteiger partial charge is 0.354 e. The predicted octanol–water partition coefficient (Wildman–Crippen LogP) is 2.54. The number of halogens is 3. The van der Waals surface area contributed by atoms with Crippen LogP contribution in [0.5, 0.6) is 0 Å². The molecule has 1 amide bonds. The van der Waals surface area contributed by atoms with Crippen LogP contribution in [0.4, 0.5) is 14.6 Å². The number of amides is 1. The minimum absolute atomic E-state index is 0.00574. The molecule has 0 radical (unpaired) electrons. The summed E-state index contributed by atoms with van der Waals surface area (Å²) in [6.07, 6.45) is 1.27. The molecule has 0 bridgehead atoms. The van der Waals surface area contributed by atoms with Gasteiger partial charge in [-0.1, -0.05) is 0 Å². The van der Waals surface area contributed by atoms with Crippen LogP contribution in [0.25, 0.3) is 0 Å². The highest BCUT2D eigenvalue weighted by atomic mass is 79.9. The smallest absolute Gasteiger partial charge is 0.251 e.